The number of nitrogens with zero attached hydrogens (tertiary/aromatic N) is 4. The first-order chi connectivity index (χ1) is 12.8. The number of fused-ring (bicyclic) bond motifs is 1. The number of rotatable bonds is 5. The third-order valence-electron chi connectivity index (χ3n) is 4.23. The summed E-state index contributed by atoms with van der Waals surface area (Å²) in [5, 5.41) is 7.02. The maximum Gasteiger partial charge on any atom is 0.257 e. The maximum absolute atomic E-state index is 12.4. The molecule has 1 fully saturated rings. The van der Waals surface area contributed by atoms with Gasteiger partial charge in [-0.2, -0.15) is 5.10 Å². The lowest BCUT2D eigenvalue weighted by Crippen LogP contribution is -2.26. The second-order valence-corrected chi connectivity index (χ2v) is 6.06. The number of hydrogen-bond acceptors (Lipinski definition) is 6. The number of nitrogens with one attached hydrogen (secondary N) is 1. The van der Waals surface area contributed by atoms with Crippen LogP contribution >= 0.6 is 0 Å². The van der Waals surface area contributed by atoms with Gasteiger partial charge in [0.2, 0.25) is 5.88 Å². The summed E-state index contributed by atoms with van der Waals surface area (Å²) in [7, 11) is 0. The number of carbonyl (C=O) groups is 1. The van der Waals surface area contributed by atoms with Crippen molar-refractivity contribution in [2.45, 2.75) is 25.5 Å². The molecule has 4 heterocycles. The Kier molecular flexibility index (Phi) is 4.74. The molecule has 0 radical (unpaired) electrons. The van der Waals surface area contributed by atoms with Gasteiger partial charge in [0.15, 0.2) is 5.65 Å². The van der Waals surface area contributed by atoms with Crippen LogP contribution in [0, 0.1) is 0 Å². The zero-order valence-electron chi connectivity index (χ0n) is 14.2. The molecule has 0 aliphatic carbocycles. The first kappa shape index (κ1) is 16.5. The zero-order valence-corrected chi connectivity index (χ0v) is 14.2. The molecule has 0 spiro atoms. The fourth-order valence-corrected chi connectivity index (χ4v) is 2.85. The monoisotopic (exact) mass is 353 g/mol. The number of hydrogen-bond donors (Lipinski definition) is 1. The predicted molar refractivity (Wildman–Crippen MR) is 92.9 cm³/mol. The Hall–Kier alpha value is -3.00. The van der Waals surface area contributed by atoms with Gasteiger partial charge in [-0.05, 0) is 17.7 Å². The van der Waals surface area contributed by atoms with Crippen molar-refractivity contribution in [2.24, 2.45) is 0 Å². The molecule has 3 aromatic rings. The second-order valence-electron chi connectivity index (χ2n) is 6.06. The summed E-state index contributed by atoms with van der Waals surface area (Å²) in [6.07, 6.45) is 8.45. The van der Waals surface area contributed by atoms with E-state index in [1.807, 2.05) is 12.1 Å². The summed E-state index contributed by atoms with van der Waals surface area (Å²) in [6, 6.07) is 5.47. The zero-order chi connectivity index (χ0) is 17.8. The van der Waals surface area contributed by atoms with Crippen LogP contribution in [-0.4, -0.2) is 44.8 Å². The van der Waals surface area contributed by atoms with Crippen LogP contribution in [0.5, 0.6) is 5.88 Å². The number of carbonyl (C=O) groups excluding carboxylic acids is 1. The van der Waals surface area contributed by atoms with Crippen molar-refractivity contribution in [1.29, 1.82) is 0 Å². The summed E-state index contributed by atoms with van der Waals surface area (Å²) in [5.74, 6) is 0.351. The number of amides is 1. The number of ether oxygens (including phenoxy) is 2. The fraction of sp³-hybridized carbons (Fsp3) is 0.333. The van der Waals surface area contributed by atoms with Crippen molar-refractivity contribution >= 4 is 11.6 Å². The first-order valence-corrected chi connectivity index (χ1v) is 8.55. The third-order valence-corrected chi connectivity index (χ3v) is 4.23. The van der Waals surface area contributed by atoms with Crippen LogP contribution in [0.1, 0.15) is 28.8 Å². The molecule has 0 atom stereocenters. The minimum Gasteiger partial charge on any atom is -0.474 e. The lowest BCUT2D eigenvalue weighted by atomic mass is 10.1. The van der Waals surface area contributed by atoms with Crippen LogP contribution in [0.2, 0.25) is 0 Å². The first-order valence-electron chi connectivity index (χ1n) is 8.55. The molecule has 0 aromatic carbocycles. The topological polar surface area (TPSA) is 90.6 Å². The molecule has 1 aliphatic heterocycles. The molecule has 0 unspecified atom stereocenters. The Morgan fingerprint density at radius 2 is 2.19 bits per heavy atom. The van der Waals surface area contributed by atoms with E-state index in [1.165, 1.54) is 6.20 Å². The predicted octanol–water partition coefficient (Wildman–Crippen LogP) is 1.61. The van der Waals surface area contributed by atoms with Gasteiger partial charge in [-0.25, -0.2) is 14.5 Å². The molecule has 3 aromatic heterocycles. The van der Waals surface area contributed by atoms with Crippen molar-refractivity contribution in [3.05, 3.63) is 54.1 Å². The molecule has 8 nitrogen and oxygen atoms in total. The van der Waals surface area contributed by atoms with Gasteiger partial charge in [-0.1, -0.05) is 0 Å². The van der Waals surface area contributed by atoms with Gasteiger partial charge in [-0.15, -0.1) is 0 Å². The Labute approximate surface area is 150 Å². The standard InChI is InChI=1S/C18H19N5O3/c24-18(15-12-22-23-7-1-5-20-17(15)23)21-11-13-2-6-19-16(10-13)26-14-3-8-25-9-4-14/h1-2,5-7,10,12,14H,3-4,8-9,11H2,(H,21,24). The van der Waals surface area contributed by atoms with E-state index >= 15 is 0 Å². The van der Waals surface area contributed by atoms with Crippen LogP contribution in [0.15, 0.2) is 43.0 Å². The molecule has 1 amide bonds. The number of pyridine rings is 1. The largest absolute Gasteiger partial charge is 0.474 e. The summed E-state index contributed by atoms with van der Waals surface area (Å²) >= 11 is 0. The van der Waals surface area contributed by atoms with Crippen LogP contribution < -0.4 is 10.1 Å². The van der Waals surface area contributed by atoms with E-state index in [1.54, 1.807) is 29.2 Å². The highest BCUT2D eigenvalue weighted by Crippen LogP contribution is 2.17. The average Bonchev–Trinajstić information content (AvgIpc) is 3.11. The smallest absolute Gasteiger partial charge is 0.257 e. The summed E-state index contributed by atoms with van der Waals surface area (Å²) in [4.78, 5) is 20.9. The lowest BCUT2D eigenvalue weighted by molar-refractivity contribution is 0.0237. The quantitative estimate of drug-likeness (QED) is 0.749. The molecular formula is C18H19N5O3. The van der Waals surface area contributed by atoms with Crippen LogP contribution in [0.25, 0.3) is 5.65 Å². The van der Waals surface area contributed by atoms with Crippen molar-refractivity contribution in [1.82, 2.24) is 24.9 Å². The van der Waals surface area contributed by atoms with Gasteiger partial charge < -0.3 is 14.8 Å². The molecule has 0 bridgehead atoms. The van der Waals surface area contributed by atoms with E-state index in [9.17, 15) is 4.79 Å². The van der Waals surface area contributed by atoms with Gasteiger partial charge in [-0.3, -0.25) is 4.79 Å². The van der Waals surface area contributed by atoms with Gasteiger partial charge in [0, 0.05) is 44.0 Å². The number of aromatic nitrogens is 4. The Bertz CT molecular complexity index is 904. The Morgan fingerprint density at radius 1 is 1.31 bits per heavy atom. The Balaban J connectivity index is 1.39. The van der Waals surface area contributed by atoms with E-state index in [0.717, 1.165) is 18.4 Å². The van der Waals surface area contributed by atoms with Crippen molar-refractivity contribution < 1.29 is 14.3 Å². The molecule has 1 saturated heterocycles. The normalized spacial score (nSPS) is 15.1. The highest BCUT2D eigenvalue weighted by Gasteiger charge is 2.16. The lowest BCUT2D eigenvalue weighted by Gasteiger charge is -2.22. The van der Waals surface area contributed by atoms with Gasteiger partial charge in [0.1, 0.15) is 11.7 Å². The van der Waals surface area contributed by atoms with E-state index in [4.69, 9.17) is 9.47 Å². The van der Waals surface area contributed by atoms with Gasteiger partial charge in [0.05, 0.1) is 19.4 Å². The molecule has 26 heavy (non-hydrogen) atoms. The summed E-state index contributed by atoms with van der Waals surface area (Å²) < 4.78 is 12.8. The highest BCUT2D eigenvalue weighted by atomic mass is 16.5. The molecule has 4 rings (SSSR count). The van der Waals surface area contributed by atoms with Crippen molar-refractivity contribution in [3.8, 4) is 5.88 Å². The molecule has 8 heteroatoms. The van der Waals surface area contributed by atoms with Gasteiger partial charge >= 0.3 is 0 Å². The van der Waals surface area contributed by atoms with Crippen LogP contribution in [0.4, 0.5) is 0 Å². The van der Waals surface area contributed by atoms with E-state index in [2.05, 4.69) is 20.4 Å². The second kappa shape index (κ2) is 7.49. The fourth-order valence-electron chi connectivity index (χ4n) is 2.85. The summed E-state index contributed by atoms with van der Waals surface area (Å²) in [6.45, 7) is 1.80. The van der Waals surface area contributed by atoms with Crippen molar-refractivity contribution in [3.63, 3.8) is 0 Å². The molecule has 1 N–H and O–H groups in total. The molecular weight excluding hydrogens is 334 g/mol. The molecule has 1 aliphatic rings. The molecule has 134 valence electrons. The summed E-state index contributed by atoms with van der Waals surface area (Å²) in [5.41, 5.74) is 1.89. The minimum absolute atomic E-state index is 0.131. The van der Waals surface area contributed by atoms with Crippen LogP contribution in [-0.2, 0) is 11.3 Å². The van der Waals surface area contributed by atoms with E-state index in [-0.39, 0.29) is 12.0 Å². The Morgan fingerprint density at radius 3 is 3.08 bits per heavy atom. The van der Waals surface area contributed by atoms with E-state index in [0.29, 0.717) is 36.8 Å². The van der Waals surface area contributed by atoms with Gasteiger partial charge in [0.25, 0.3) is 5.91 Å². The SMILES string of the molecule is O=C(NCc1ccnc(OC2CCOCC2)c1)c1cnn2cccnc12. The highest BCUT2D eigenvalue weighted by molar-refractivity contribution is 5.99. The van der Waals surface area contributed by atoms with E-state index < -0.39 is 0 Å². The van der Waals surface area contributed by atoms with Crippen molar-refractivity contribution in [2.75, 3.05) is 13.2 Å². The molecule has 0 saturated carbocycles. The van der Waals surface area contributed by atoms with Crippen LogP contribution in [0.3, 0.4) is 0 Å². The average molecular weight is 353 g/mol. The minimum atomic E-state index is -0.220. The maximum atomic E-state index is 12.4. The third kappa shape index (κ3) is 3.65.